The van der Waals surface area contributed by atoms with E-state index in [4.69, 9.17) is 4.74 Å². The summed E-state index contributed by atoms with van der Waals surface area (Å²) in [5.74, 6) is 0.874. The first-order valence-electron chi connectivity index (χ1n) is 8.55. The van der Waals surface area contributed by atoms with Crippen molar-refractivity contribution < 1.29 is 4.74 Å². The fourth-order valence-electron chi connectivity index (χ4n) is 2.55. The van der Waals surface area contributed by atoms with E-state index >= 15 is 0 Å². The predicted molar refractivity (Wildman–Crippen MR) is 98.3 cm³/mol. The van der Waals surface area contributed by atoms with Crippen molar-refractivity contribution in [1.29, 1.82) is 0 Å². The number of rotatable bonds is 8. The zero-order chi connectivity index (χ0) is 17.5. The van der Waals surface area contributed by atoms with E-state index in [1.54, 1.807) is 12.4 Å². The molecular formula is C20H24N4O. The lowest BCUT2D eigenvalue weighted by Gasteiger charge is -2.22. The summed E-state index contributed by atoms with van der Waals surface area (Å²) in [4.78, 5) is 4.01. The summed E-state index contributed by atoms with van der Waals surface area (Å²) in [5, 5.41) is 7.86. The van der Waals surface area contributed by atoms with Crippen LogP contribution >= 0.6 is 0 Å². The number of pyridine rings is 1. The van der Waals surface area contributed by atoms with Gasteiger partial charge >= 0.3 is 0 Å². The maximum absolute atomic E-state index is 5.80. The molecule has 2 heterocycles. The first-order chi connectivity index (χ1) is 12.2. The number of ether oxygens (including phenoxy) is 1. The average molecular weight is 336 g/mol. The lowest BCUT2D eigenvalue weighted by molar-refractivity contribution is 0.306. The minimum absolute atomic E-state index is 0.304. The van der Waals surface area contributed by atoms with E-state index in [0.717, 1.165) is 17.9 Å². The first-order valence-corrected chi connectivity index (χ1v) is 8.55. The van der Waals surface area contributed by atoms with E-state index in [1.807, 2.05) is 47.4 Å². The van der Waals surface area contributed by atoms with Crippen LogP contribution in [-0.4, -0.2) is 20.8 Å². The van der Waals surface area contributed by atoms with Crippen molar-refractivity contribution in [3.05, 3.63) is 78.4 Å². The minimum atomic E-state index is 0.304. The second-order valence-corrected chi connectivity index (χ2v) is 6.18. The molecule has 3 aromatic rings. The summed E-state index contributed by atoms with van der Waals surface area (Å²) in [6.45, 7) is 5.72. The average Bonchev–Trinajstić information content (AvgIpc) is 3.20. The highest BCUT2D eigenvalue weighted by Crippen LogP contribution is 2.15. The molecule has 0 amide bonds. The normalized spacial score (nSPS) is 13.4. The third-order valence-electron chi connectivity index (χ3n) is 4.37. The molecule has 25 heavy (non-hydrogen) atoms. The van der Waals surface area contributed by atoms with Crippen LogP contribution in [0.2, 0.25) is 0 Å². The topological polar surface area (TPSA) is 52.0 Å². The molecule has 0 spiro atoms. The van der Waals surface area contributed by atoms with Gasteiger partial charge in [-0.15, -0.1) is 0 Å². The van der Waals surface area contributed by atoms with Crippen LogP contribution in [0.5, 0.6) is 5.75 Å². The Hall–Kier alpha value is -2.66. The Labute approximate surface area is 148 Å². The van der Waals surface area contributed by atoms with Crippen LogP contribution in [0, 0.1) is 0 Å². The van der Waals surface area contributed by atoms with Crippen molar-refractivity contribution >= 4 is 0 Å². The van der Waals surface area contributed by atoms with Crippen molar-refractivity contribution in [2.45, 2.75) is 39.1 Å². The minimum Gasteiger partial charge on any atom is -0.489 e. The SMILES string of the molecule is C[C@@H](NCc1ccc(OCc2ccncc2)cc1)[C@H](C)n1cccn1. The Morgan fingerprint density at radius 3 is 2.44 bits per heavy atom. The van der Waals surface area contributed by atoms with E-state index in [9.17, 15) is 0 Å². The zero-order valence-electron chi connectivity index (χ0n) is 14.7. The van der Waals surface area contributed by atoms with Crippen LogP contribution in [0.1, 0.15) is 31.0 Å². The highest BCUT2D eigenvalue weighted by atomic mass is 16.5. The van der Waals surface area contributed by atoms with E-state index in [1.165, 1.54) is 5.56 Å². The lowest BCUT2D eigenvalue weighted by atomic mass is 10.1. The maximum Gasteiger partial charge on any atom is 0.119 e. The van der Waals surface area contributed by atoms with Crippen LogP contribution < -0.4 is 10.1 Å². The molecule has 0 aliphatic rings. The fourth-order valence-corrected chi connectivity index (χ4v) is 2.55. The number of aromatic nitrogens is 3. The van der Waals surface area contributed by atoms with Gasteiger partial charge in [0.1, 0.15) is 12.4 Å². The molecule has 1 aromatic carbocycles. The fraction of sp³-hybridized carbons (Fsp3) is 0.300. The largest absolute Gasteiger partial charge is 0.489 e. The first kappa shape index (κ1) is 17.2. The molecule has 1 N–H and O–H groups in total. The zero-order valence-corrected chi connectivity index (χ0v) is 14.7. The van der Waals surface area contributed by atoms with Crippen LogP contribution in [0.15, 0.2) is 67.3 Å². The van der Waals surface area contributed by atoms with Gasteiger partial charge in [-0.1, -0.05) is 12.1 Å². The van der Waals surface area contributed by atoms with Crippen LogP contribution in [-0.2, 0) is 13.2 Å². The summed E-state index contributed by atoms with van der Waals surface area (Å²) in [6.07, 6.45) is 7.36. The molecule has 3 rings (SSSR count). The molecule has 0 saturated heterocycles. The molecule has 0 saturated carbocycles. The van der Waals surface area contributed by atoms with Gasteiger partial charge in [0.25, 0.3) is 0 Å². The molecule has 5 nitrogen and oxygen atoms in total. The molecule has 130 valence electrons. The summed E-state index contributed by atoms with van der Waals surface area (Å²) in [5.41, 5.74) is 2.35. The van der Waals surface area contributed by atoms with Gasteiger partial charge in [-0.3, -0.25) is 9.67 Å². The number of hydrogen-bond acceptors (Lipinski definition) is 4. The third kappa shape index (κ3) is 4.90. The molecule has 0 aliphatic carbocycles. The van der Waals surface area contributed by atoms with E-state index in [-0.39, 0.29) is 0 Å². The summed E-state index contributed by atoms with van der Waals surface area (Å²) in [6, 6.07) is 14.7. The quantitative estimate of drug-likeness (QED) is 0.683. The van der Waals surface area contributed by atoms with Crippen molar-refractivity contribution in [3.8, 4) is 5.75 Å². The summed E-state index contributed by atoms with van der Waals surface area (Å²) in [7, 11) is 0. The second kappa shape index (κ2) is 8.44. The van der Waals surface area contributed by atoms with Gasteiger partial charge in [0.05, 0.1) is 6.04 Å². The highest BCUT2D eigenvalue weighted by Gasteiger charge is 2.13. The molecule has 0 bridgehead atoms. The van der Waals surface area contributed by atoms with Gasteiger partial charge in [-0.05, 0) is 55.3 Å². The molecule has 2 aromatic heterocycles. The van der Waals surface area contributed by atoms with Crippen molar-refractivity contribution in [2.24, 2.45) is 0 Å². The number of nitrogens with one attached hydrogen (secondary N) is 1. The molecule has 0 radical (unpaired) electrons. The highest BCUT2D eigenvalue weighted by molar-refractivity contribution is 5.27. The van der Waals surface area contributed by atoms with Gasteiger partial charge < -0.3 is 10.1 Å². The third-order valence-corrected chi connectivity index (χ3v) is 4.37. The van der Waals surface area contributed by atoms with Crippen LogP contribution in [0.25, 0.3) is 0 Å². The van der Waals surface area contributed by atoms with E-state index < -0.39 is 0 Å². The Morgan fingerprint density at radius 1 is 1.00 bits per heavy atom. The Morgan fingerprint density at radius 2 is 1.76 bits per heavy atom. The Kier molecular flexibility index (Phi) is 5.80. The standard InChI is InChI=1S/C20H24N4O/c1-16(17(2)24-13-3-10-23-24)22-14-18-4-6-20(7-5-18)25-15-19-8-11-21-12-9-19/h3-13,16-17,22H,14-15H2,1-2H3/t16-,17+/m1/s1. The second-order valence-electron chi connectivity index (χ2n) is 6.18. The van der Waals surface area contributed by atoms with Crippen LogP contribution in [0.4, 0.5) is 0 Å². The number of hydrogen-bond donors (Lipinski definition) is 1. The Balaban J connectivity index is 1.47. The van der Waals surface area contributed by atoms with Crippen molar-refractivity contribution in [3.63, 3.8) is 0 Å². The summed E-state index contributed by atoms with van der Waals surface area (Å²) >= 11 is 0. The van der Waals surface area contributed by atoms with E-state index in [0.29, 0.717) is 18.7 Å². The smallest absolute Gasteiger partial charge is 0.119 e. The van der Waals surface area contributed by atoms with Gasteiger partial charge in [0, 0.05) is 37.4 Å². The monoisotopic (exact) mass is 336 g/mol. The molecule has 0 fully saturated rings. The van der Waals surface area contributed by atoms with Gasteiger partial charge in [-0.25, -0.2) is 0 Å². The molecule has 0 unspecified atom stereocenters. The van der Waals surface area contributed by atoms with Crippen LogP contribution in [0.3, 0.4) is 0 Å². The molecule has 0 aliphatic heterocycles. The van der Waals surface area contributed by atoms with Crippen molar-refractivity contribution in [1.82, 2.24) is 20.1 Å². The Bertz CT molecular complexity index is 741. The lowest BCUT2D eigenvalue weighted by Crippen LogP contribution is -2.33. The molecular weight excluding hydrogens is 312 g/mol. The van der Waals surface area contributed by atoms with E-state index in [2.05, 4.69) is 41.4 Å². The van der Waals surface area contributed by atoms with Crippen molar-refractivity contribution in [2.75, 3.05) is 0 Å². The van der Waals surface area contributed by atoms with Gasteiger partial charge in [0.15, 0.2) is 0 Å². The molecule has 2 atom stereocenters. The maximum atomic E-state index is 5.80. The predicted octanol–water partition coefficient (Wildman–Crippen LogP) is 3.60. The number of nitrogens with zero attached hydrogens (tertiary/aromatic N) is 3. The van der Waals surface area contributed by atoms with Gasteiger partial charge in [0.2, 0.25) is 0 Å². The number of benzene rings is 1. The molecule has 5 heteroatoms. The van der Waals surface area contributed by atoms with Gasteiger partial charge in [-0.2, -0.15) is 5.10 Å². The summed E-state index contributed by atoms with van der Waals surface area (Å²) < 4.78 is 7.78.